The molecule has 0 aliphatic carbocycles. The Balaban J connectivity index is 0.00000135. The van der Waals surface area contributed by atoms with E-state index in [0.717, 1.165) is 33.7 Å². The van der Waals surface area contributed by atoms with Gasteiger partial charge in [-0.25, -0.2) is 0 Å². The molecule has 0 atom stereocenters. The number of nitrogens with one attached hydrogen (secondary N) is 2. The molecule has 7 nitrogen and oxygen atoms in total. The Morgan fingerprint density at radius 1 is 0.977 bits per heavy atom. The van der Waals surface area contributed by atoms with Crippen LogP contribution in [0.2, 0.25) is 0 Å². The van der Waals surface area contributed by atoms with Crippen molar-refractivity contribution < 1.29 is 22.7 Å². The van der Waals surface area contributed by atoms with Crippen LogP contribution in [0.4, 0.5) is 13.2 Å². The number of aryl methyl sites for hydroxylation is 2. The number of H-pyrrole nitrogens is 1. The van der Waals surface area contributed by atoms with Gasteiger partial charge in [-0.15, -0.1) is 0 Å². The quantitative estimate of drug-likeness (QED) is 0.209. The second kappa shape index (κ2) is 12.8. The molecule has 0 bridgehead atoms. The highest BCUT2D eigenvalue weighted by atomic mass is 19.4. The van der Waals surface area contributed by atoms with Gasteiger partial charge in [0, 0.05) is 10.9 Å². The van der Waals surface area contributed by atoms with Crippen molar-refractivity contribution in [1.29, 1.82) is 5.26 Å². The van der Waals surface area contributed by atoms with Crippen LogP contribution in [-0.2, 0) is 12.7 Å². The highest BCUT2D eigenvalue weighted by Crippen LogP contribution is 2.35. The standard InChI is InChI=1S/C31H22F3N3O3.C2H7N/c1-18-3-4-21(19(2)11-18)16-37-29(14-27(31(32,33)34)26(15-35)30(37)39)20-5-7-24(8-6-20)40-25-9-10-28-22(13-25)12-23(17-38)36-28;1-3-2/h3-14,17,36H,16H2,1-2H3;3H,1-2H3. The van der Waals surface area contributed by atoms with E-state index in [1.807, 2.05) is 46.1 Å². The molecule has 0 unspecified atom stereocenters. The summed E-state index contributed by atoms with van der Waals surface area (Å²) in [5.41, 5.74) is 0.975. The average molecular weight is 587 g/mol. The van der Waals surface area contributed by atoms with Gasteiger partial charge < -0.3 is 19.6 Å². The zero-order valence-corrected chi connectivity index (χ0v) is 24.0. The highest BCUT2D eigenvalue weighted by molar-refractivity contribution is 5.88. The van der Waals surface area contributed by atoms with Crippen molar-refractivity contribution in [3.63, 3.8) is 0 Å². The molecule has 0 saturated heterocycles. The fraction of sp³-hybridized carbons (Fsp3) is 0.182. The zero-order chi connectivity index (χ0) is 31.3. The van der Waals surface area contributed by atoms with E-state index in [1.54, 1.807) is 48.5 Å². The molecule has 0 spiro atoms. The predicted molar refractivity (Wildman–Crippen MR) is 160 cm³/mol. The number of nitriles is 1. The predicted octanol–water partition coefficient (Wildman–Crippen LogP) is 6.99. The summed E-state index contributed by atoms with van der Waals surface area (Å²) in [6.07, 6.45) is -4.17. The SMILES string of the molecule is CNC.Cc1ccc(Cn2c(-c3ccc(Oc4ccc5[nH]c(C=O)cc5c4)cc3)cc(C(F)(F)F)c(C#N)c2=O)c(C)c1. The summed E-state index contributed by atoms with van der Waals surface area (Å²) in [7, 11) is 3.75. The van der Waals surface area contributed by atoms with Crippen molar-refractivity contribution in [2.75, 3.05) is 14.1 Å². The molecular weight excluding hydrogens is 557 g/mol. The van der Waals surface area contributed by atoms with Gasteiger partial charge in [-0.1, -0.05) is 23.8 Å². The van der Waals surface area contributed by atoms with Gasteiger partial charge in [-0.2, -0.15) is 18.4 Å². The van der Waals surface area contributed by atoms with Crippen LogP contribution in [-0.4, -0.2) is 29.9 Å². The first-order valence-electron chi connectivity index (χ1n) is 13.2. The molecule has 0 aliphatic rings. The van der Waals surface area contributed by atoms with Gasteiger partial charge in [0.05, 0.1) is 23.5 Å². The molecule has 2 N–H and O–H groups in total. The number of halogens is 3. The summed E-state index contributed by atoms with van der Waals surface area (Å²) in [5.74, 6) is 0.920. The monoisotopic (exact) mass is 586 g/mol. The number of pyridine rings is 1. The Morgan fingerprint density at radius 3 is 2.26 bits per heavy atom. The lowest BCUT2D eigenvalue weighted by atomic mass is 10.0. The maximum atomic E-state index is 13.9. The van der Waals surface area contributed by atoms with Crippen molar-refractivity contribution in [2.24, 2.45) is 0 Å². The van der Waals surface area contributed by atoms with Crippen LogP contribution in [0.3, 0.4) is 0 Å². The van der Waals surface area contributed by atoms with E-state index in [0.29, 0.717) is 29.0 Å². The first-order chi connectivity index (χ1) is 20.5. The Morgan fingerprint density at radius 2 is 1.65 bits per heavy atom. The number of carbonyl (C=O) groups is 1. The number of hydrogen-bond acceptors (Lipinski definition) is 5. The van der Waals surface area contributed by atoms with E-state index in [-0.39, 0.29) is 12.2 Å². The van der Waals surface area contributed by atoms with Gasteiger partial charge >= 0.3 is 6.18 Å². The van der Waals surface area contributed by atoms with Crippen LogP contribution in [0.25, 0.3) is 22.2 Å². The molecule has 2 aromatic heterocycles. The smallest absolute Gasteiger partial charge is 0.417 e. The van der Waals surface area contributed by atoms with E-state index in [9.17, 15) is 28.0 Å². The first-order valence-corrected chi connectivity index (χ1v) is 13.2. The van der Waals surface area contributed by atoms with Crippen molar-refractivity contribution in [3.05, 3.63) is 117 Å². The largest absolute Gasteiger partial charge is 0.457 e. The van der Waals surface area contributed by atoms with E-state index < -0.39 is 22.9 Å². The molecule has 0 aliphatic heterocycles. The molecular formula is C33H29F3N4O3. The molecule has 2 heterocycles. The van der Waals surface area contributed by atoms with Gasteiger partial charge in [-0.05, 0) is 99.2 Å². The summed E-state index contributed by atoms with van der Waals surface area (Å²) in [4.78, 5) is 27.3. The van der Waals surface area contributed by atoms with Crippen LogP contribution < -0.4 is 15.6 Å². The summed E-state index contributed by atoms with van der Waals surface area (Å²) < 4.78 is 48.8. The molecule has 220 valence electrons. The van der Waals surface area contributed by atoms with Crippen LogP contribution in [0.1, 0.15) is 38.3 Å². The third-order valence-electron chi connectivity index (χ3n) is 6.67. The number of aromatic amines is 1. The van der Waals surface area contributed by atoms with Crippen LogP contribution in [0.15, 0.2) is 77.6 Å². The van der Waals surface area contributed by atoms with Gasteiger partial charge in [0.25, 0.3) is 5.56 Å². The van der Waals surface area contributed by atoms with Crippen molar-refractivity contribution in [2.45, 2.75) is 26.6 Å². The molecule has 0 fully saturated rings. The minimum Gasteiger partial charge on any atom is -0.457 e. The van der Waals surface area contributed by atoms with Crippen LogP contribution >= 0.6 is 0 Å². The first kappa shape index (κ1) is 30.8. The van der Waals surface area contributed by atoms with Gasteiger partial charge in [0.15, 0.2) is 6.29 Å². The van der Waals surface area contributed by atoms with Crippen molar-refractivity contribution in [3.8, 4) is 28.8 Å². The number of rotatable bonds is 6. The number of aldehydes is 1. The second-order valence-electron chi connectivity index (χ2n) is 9.97. The van der Waals surface area contributed by atoms with Gasteiger partial charge in [0.2, 0.25) is 0 Å². The molecule has 0 amide bonds. The lowest BCUT2D eigenvalue weighted by Gasteiger charge is -2.19. The molecule has 3 aromatic carbocycles. The lowest BCUT2D eigenvalue weighted by molar-refractivity contribution is -0.137. The zero-order valence-electron chi connectivity index (χ0n) is 24.0. The van der Waals surface area contributed by atoms with Crippen molar-refractivity contribution in [1.82, 2.24) is 14.9 Å². The minimum absolute atomic E-state index is 0.00912. The molecule has 0 saturated carbocycles. The Bertz CT molecular complexity index is 1880. The minimum atomic E-state index is -4.89. The molecule has 5 aromatic rings. The van der Waals surface area contributed by atoms with Crippen LogP contribution in [0.5, 0.6) is 11.5 Å². The lowest BCUT2D eigenvalue weighted by Crippen LogP contribution is -2.29. The number of alkyl halides is 3. The highest BCUT2D eigenvalue weighted by Gasteiger charge is 2.36. The maximum absolute atomic E-state index is 13.9. The number of aromatic nitrogens is 2. The number of carbonyl (C=O) groups excluding carboxylic acids is 1. The Hall–Kier alpha value is -5.14. The third-order valence-corrected chi connectivity index (χ3v) is 6.67. The van der Waals surface area contributed by atoms with Gasteiger partial charge in [-0.3, -0.25) is 9.59 Å². The molecule has 0 radical (unpaired) electrons. The second-order valence-corrected chi connectivity index (χ2v) is 9.97. The van der Waals surface area contributed by atoms with Crippen molar-refractivity contribution >= 4 is 17.2 Å². The molecule has 43 heavy (non-hydrogen) atoms. The maximum Gasteiger partial charge on any atom is 0.417 e. The number of ether oxygens (including phenoxy) is 1. The van der Waals surface area contributed by atoms with E-state index in [4.69, 9.17) is 4.74 Å². The summed E-state index contributed by atoms with van der Waals surface area (Å²) in [6.45, 7) is 3.77. The molecule has 10 heteroatoms. The summed E-state index contributed by atoms with van der Waals surface area (Å²) >= 11 is 0. The summed E-state index contributed by atoms with van der Waals surface area (Å²) in [5, 5.41) is 13.0. The number of benzene rings is 3. The van der Waals surface area contributed by atoms with E-state index >= 15 is 0 Å². The van der Waals surface area contributed by atoms with E-state index in [2.05, 4.69) is 10.3 Å². The topological polar surface area (TPSA) is 99.9 Å². The van der Waals surface area contributed by atoms with Gasteiger partial charge in [0.1, 0.15) is 23.1 Å². The normalized spacial score (nSPS) is 11.0. The fourth-order valence-electron chi connectivity index (χ4n) is 4.66. The van der Waals surface area contributed by atoms with E-state index in [1.165, 1.54) is 10.6 Å². The van der Waals surface area contributed by atoms with Crippen LogP contribution in [0, 0.1) is 25.2 Å². The number of nitrogens with zero attached hydrogens (tertiary/aromatic N) is 2. The fourth-order valence-corrected chi connectivity index (χ4v) is 4.66. The summed E-state index contributed by atoms with van der Waals surface area (Å²) in [6, 6.07) is 21.2. The average Bonchev–Trinajstić information content (AvgIpc) is 3.38. The molecule has 5 rings (SSSR count). The third kappa shape index (κ3) is 6.85. The number of hydrogen-bond donors (Lipinski definition) is 2. The Kier molecular flexibility index (Phi) is 9.17. The number of fused-ring (bicyclic) bond motifs is 1. The Labute approximate surface area is 246 Å².